The minimum atomic E-state index is 0.0775. The number of aliphatic hydroxyl groups excluding tert-OH is 1. The molecule has 1 nitrogen and oxygen atoms in total. The van der Waals surface area contributed by atoms with Gasteiger partial charge in [0.15, 0.2) is 0 Å². The topological polar surface area (TPSA) is 20.2 Å². The van der Waals surface area contributed by atoms with Crippen LogP contribution >= 0.6 is 0 Å². The first-order valence-corrected chi connectivity index (χ1v) is 4.99. The van der Waals surface area contributed by atoms with Crippen LogP contribution < -0.4 is 0 Å². The number of aliphatic hydroxyl groups is 1. The zero-order chi connectivity index (χ0) is 7.47. The number of hydrogen-bond donors (Lipinski definition) is 1. The van der Waals surface area contributed by atoms with Crippen molar-refractivity contribution in [1.82, 2.24) is 0 Å². The van der Waals surface area contributed by atoms with Crippen LogP contribution in [0.2, 0.25) is 0 Å². The fourth-order valence-electron chi connectivity index (χ4n) is 4.12. The second-order valence-electron chi connectivity index (χ2n) is 4.88. The first kappa shape index (κ1) is 6.47. The van der Waals surface area contributed by atoms with Crippen molar-refractivity contribution >= 4 is 0 Å². The highest BCUT2D eigenvalue weighted by Crippen LogP contribution is 2.64. The van der Waals surface area contributed by atoms with E-state index in [1.807, 2.05) is 0 Å². The van der Waals surface area contributed by atoms with Gasteiger partial charge in [-0.2, -0.15) is 0 Å². The van der Waals surface area contributed by atoms with E-state index in [1.165, 1.54) is 32.1 Å². The molecule has 3 aliphatic carbocycles. The predicted molar refractivity (Wildman–Crippen MR) is 43.1 cm³/mol. The largest absolute Gasteiger partial charge is 0.393 e. The average molecular weight is 152 g/mol. The Kier molecular flexibility index (Phi) is 1.07. The first-order chi connectivity index (χ1) is 5.31. The van der Waals surface area contributed by atoms with Gasteiger partial charge in [-0.15, -0.1) is 0 Å². The predicted octanol–water partition coefficient (Wildman–Crippen LogP) is 1.95. The molecule has 0 unspecified atom stereocenters. The Labute approximate surface area is 67.8 Å². The van der Waals surface area contributed by atoms with Crippen molar-refractivity contribution in [3.8, 4) is 0 Å². The normalized spacial score (nSPS) is 60.3. The van der Waals surface area contributed by atoms with E-state index < -0.39 is 0 Å². The molecule has 0 aromatic rings. The highest BCUT2D eigenvalue weighted by Gasteiger charge is 2.58. The van der Waals surface area contributed by atoms with Gasteiger partial charge in [0.2, 0.25) is 0 Å². The molecule has 3 saturated carbocycles. The van der Waals surface area contributed by atoms with Gasteiger partial charge in [0.25, 0.3) is 0 Å². The summed E-state index contributed by atoms with van der Waals surface area (Å²) >= 11 is 0. The highest BCUT2D eigenvalue weighted by molar-refractivity contribution is 5.09. The summed E-state index contributed by atoms with van der Waals surface area (Å²) in [4.78, 5) is 0. The molecular formula is C10H16O. The van der Waals surface area contributed by atoms with E-state index in [0.29, 0.717) is 5.41 Å². The molecule has 3 fully saturated rings. The van der Waals surface area contributed by atoms with E-state index in [0.717, 1.165) is 18.3 Å². The molecule has 0 aromatic heterocycles. The summed E-state index contributed by atoms with van der Waals surface area (Å²) in [5.74, 6) is 1.81. The number of rotatable bonds is 0. The Morgan fingerprint density at radius 3 is 2.91 bits per heavy atom. The summed E-state index contributed by atoms with van der Waals surface area (Å²) in [7, 11) is 0. The maximum Gasteiger partial charge on any atom is 0.0601 e. The van der Waals surface area contributed by atoms with E-state index in [4.69, 9.17) is 0 Å². The van der Waals surface area contributed by atoms with Crippen molar-refractivity contribution in [2.45, 2.75) is 44.6 Å². The first-order valence-electron chi connectivity index (χ1n) is 4.99. The van der Waals surface area contributed by atoms with Crippen molar-refractivity contribution in [1.29, 1.82) is 0 Å². The summed E-state index contributed by atoms with van der Waals surface area (Å²) < 4.78 is 0. The lowest BCUT2D eigenvalue weighted by Crippen LogP contribution is -2.33. The van der Waals surface area contributed by atoms with Crippen molar-refractivity contribution in [2.75, 3.05) is 0 Å². The molecule has 11 heavy (non-hydrogen) atoms. The molecule has 0 amide bonds. The van der Waals surface area contributed by atoms with Crippen LogP contribution in [0, 0.1) is 17.3 Å². The molecule has 3 rings (SSSR count). The quantitative estimate of drug-likeness (QED) is 0.562. The van der Waals surface area contributed by atoms with Crippen LogP contribution in [0.3, 0.4) is 0 Å². The van der Waals surface area contributed by atoms with Crippen molar-refractivity contribution < 1.29 is 5.11 Å². The smallest absolute Gasteiger partial charge is 0.0601 e. The molecule has 0 heterocycles. The second kappa shape index (κ2) is 1.82. The lowest BCUT2D eigenvalue weighted by atomic mass is 9.75. The van der Waals surface area contributed by atoms with Gasteiger partial charge in [-0.3, -0.25) is 0 Å². The number of fused-ring (bicyclic) bond motifs is 1. The monoisotopic (exact) mass is 152 g/mol. The maximum atomic E-state index is 9.88. The standard InChI is InChI=1S/C10H16O/c11-9-5-7-4-8-2-1-3-10(8,9)6-7/h7-9,11H,1-6H2/t7-,8+,9+,10+/m0/s1. The van der Waals surface area contributed by atoms with Crippen LogP contribution in [0.4, 0.5) is 0 Å². The van der Waals surface area contributed by atoms with Gasteiger partial charge in [0.05, 0.1) is 6.10 Å². The summed E-state index contributed by atoms with van der Waals surface area (Å²) in [6, 6.07) is 0. The van der Waals surface area contributed by atoms with Gasteiger partial charge in [-0.25, -0.2) is 0 Å². The Morgan fingerprint density at radius 1 is 1.27 bits per heavy atom. The molecule has 2 bridgehead atoms. The van der Waals surface area contributed by atoms with Crippen LogP contribution in [-0.4, -0.2) is 11.2 Å². The summed E-state index contributed by atoms with van der Waals surface area (Å²) in [5.41, 5.74) is 0.435. The molecule has 1 heteroatoms. The zero-order valence-electron chi connectivity index (χ0n) is 6.92. The third-order valence-corrected chi connectivity index (χ3v) is 4.51. The van der Waals surface area contributed by atoms with Gasteiger partial charge < -0.3 is 5.11 Å². The minimum absolute atomic E-state index is 0.0775. The molecular weight excluding hydrogens is 136 g/mol. The summed E-state index contributed by atoms with van der Waals surface area (Å²) in [6.07, 6.45) is 8.12. The van der Waals surface area contributed by atoms with Crippen LogP contribution in [0.1, 0.15) is 38.5 Å². The molecule has 0 aromatic carbocycles. The molecule has 1 N–H and O–H groups in total. The fraction of sp³-hybridized carbons (Fsp3) is 1.00. The maximum absolute atomic E-state index is 9.88. The molecule has 0 radical (unpaired) electrons. The lowest BCUT2D eigenvalue weighted by Gasteiger charge is -2.33. The Balaban J connectivity index is 2.00. The van der Waals surface area contributed by atoms with E-state index >= 15 is 0 Å². The van der Waals surface area contributed by atoms with E-state index in [-0.39, 0.29) is 6.10 Å². The molecule has 62 valence electrons. The minimum Gasteiger partial charge on any atom is -0.393 e. The van der Waals surface area contributed by atoms with Gasteiger partial charge in [0, 0.05) is 0 Å². The van der Waals surface area contributed by atoms with Gasteiger partial charge in [-0.1, -0.05) is 6.42 Å². The van der Waals surface area contributed by atoms with Gasteiger partial charge in [-0.05, 0) is 49.4 Å². The van der Waals surface area contributed by atoms with Gasteiger partial charge in [0.1, 0.15) is 0 Å². The van der Waals surface area contributed by atoms with Crippen LogP contribution in [0.15, 0.2) is 0 Å². The molecule has 4 atom stereocenters. The summed E-state index contributed by atoms with van der Waals surface area (Å²) in [5, 5.41) is 9.88. The van der Waals surface area contributed by atoms with E-state index in [1.54, 1.807) is 0 Å². The molecule has 0 saturated heterocycles. The fourth-order valence-corrected chi connectivity index (χ4v) is 4.12. The van der Waals surface area contributed by atoms with Crippen LogP contribution in [0.25, 0.3) is 0 Å². The average Bonchev–Trinajstić information content (AvgIpc) is 2.49. The molecule has 3 aliphatic rings. The highest BCUT2D eigenvalue weighted by atomic mass is 16.3. The van der Waals surface area contributed by atoms with E-state index in [9.17, 15) is 5.11 Å². The summed E-state index contributed by atoms with van der Waals surface area (Å²) in [6.45, 7) is 0. The van der Waals surface area contributed by atoms with Crippen molar-refractivity contribution in [3.63, 3.8) is 0 Å². The van der Waals surface area contributed by atoms with Crippen molar-refractivity contribution in [3.05, 3.63) is 0 Å². The second-order valence-corrected chi connectivity index (χ2v) is 4.88. The molecule has 1 spiro atoms. The van der Waals surface area contributed by atoms with Crippen LogP contribution in [0.5, 0.6) is 0 Å². The Morgan fingerprint density at radius 2 is 2.18 bits per heavy atom. The molecule has 0 aliphatic heterocycles. The van der Waals surface area contributed by atoms with E-state index in [2.05, 4.69) is 0 Å². The third kappa shape index (κ3) is 0.618. The number of hydrogen-bond acceptors (Lipinski definition) is 1. The lowest BCUT2D eigenvalue weighted by molar-refractivity contribution is 0.0173. The third-order valence-electron chi connectivity index (χ3n) is 4.51. The van der Waals surface area contributed by atoms with Crippen molar-refractivity contribution in [2.24, 2.45) is 17.3 Å². The Hall–Kier alpha value is -0.0400. The zero-order valence-corrected chi connectivity index (χ0v) is 6.92. The SMILES string of the molecule is O[C@@H]1C[C@@H]2C[C@H]3CCC[C@@]31C2. The van der Waals surface area contributed by atoms with Crippen LogP contribution in [-0.2, 0) is 0 Å². The van der Waals surface area contributed by atoms with Gasteiger partial charge >= 0.3 is 0 Å². The Bertz CT molecular complexity index is 189.